The van der Waals surface area contributed by atoms with E-state index in [1.807, 2.05) is 13.8 Å². The van der Waals surface area contributed by atoms with Crippen molar-refractivity contribution in [2.24, 2.45) is 0 Å². The summed E-state index contributed by atoms with van der Waals surface area (Å²) < 4.78 is 5.27. The van der Waals surface area contributed by atoms with Crippen molar-refractivity contribution in [2.45, 2.75) is 13.8 Å². The van der Waals surface area contributed by atoms with Crippen molar-refractivity contribution in [2.75, 3.05) is 9.80 Å². The lowest BCUT2D eigenvalue weighted by molar-refractivity contribution is -0.121. The predicted octanol–water partition coefficient (Wildman–Crippen LogP) is 4.48. The Morgan fingerprint density at radius 3 is 1.62 bits per heavy atom. The van der Waals surface area contributed by atoms with Gasteiger partial charge in [-0.25, -0.2) is 14.6 Å². The minimum absolute atomic E-state index is 0.152. The number of imide groups is 2. The fourth-order valence-electron chi connectivity index (χ4n) is 3.09. The van der Waals surface area contributed by atoms with Gasteiger partial charge in [-0.1, -0.05) is 35.4 Å². The number of anilines is 2. The monoisotopic (exact) mass is 386 g/mol. The Bertz CT molecular complexity index is 1040. The molecule has 0 spiro atoms. The Labute approximate surface area is 167 Å². The SMILES string of the molecule is Cc1ccc(N2C(=O)C(=Cc3ccco3)C(=O)N(c3ccc(C)cc3)C2=O)cc1. The first kappa shape index (κ1) is 18.4. The van der Waals surface area contributed by atoms with Crippen LogP contribution in [0.5, 0.6) is 0 Å². The van der Waals surface area contributed by atoms with E-state index in [4.69, 9.17) is 4.42 Å². The predicted molar refractivity (Wildman–Crippen MR) is 109 cm³/mol. The molecule has 6 heteroatoms. The fraction of sp³-hybridized carbons (Fsp3) is 0.0870. The smallest absolute Gasteiger partial charge is 0.343 e. The molecule has 1 saturated heterocycles. The number of hydrogen-bond acceptors (Lipinski definition) is 4. The lowest BCUT2D eigenvalue weighted by atomic mass is 10.1. The van der Waals surface area contributed by atoms with Crippen LogP contribution in [-0.4, -0.2) is 17.8 Å². The van der Waals surface area contributed by atoms with Gasteiger partial charge in [-0.15, -0.1) is 0 Å². The Morgan fingerprint density at radius 1 is 0.724 bits per heavy atom. The van der Waals surface area contributed by atoms with Crippen molar-refractivity contribution in [1.82, 2.24) is 0 Å². The first-order valence-electron chi connectivity index (χ1n) is 9.07. The number of furan rings is 1. The van der Waals surface area contributed by atoms with Crippen LogP contribution < -0.4 is 9.80 Å². The maximum absolute atomic E-state index is 13.2. The summed E-state index contributed by atoms with van der Waals surface area (Å²) in [7, 11) is 0. The zero-order chi connectivity index (χ0) is 20.5. The minimum atomic E-state index is -0.718. The molecule has 1 aliphatic heterocycles. The molecule has 2 heterocycles. The second-order valence-corrected chi connectivity index (χ2v) is 6.81. The van der Waals surface area contributed by atoms with Gasteiger partial charge in [0.25, 0.3) is 11.8 Å². The first-order valence-corrected chi connectivity index (χ1v) is 9.07. The topological polar surface area (TPSA) is 70.8 Å². The number of hydrogen-bond donors (Lipinski definition) is 0. The van der Waals surface area contributed by atoms with Gasteiger partial charge in [-0.05, 0) is 56.3 Å². The Hall–Kier alpha value is -3.93. The summed E-state index contributed by atoms with van der Waals surface area (Å²) in [6.07, 6.45) is 2.81. The van der Waals surface area contributed by atoms with E-state index in [2.05, 4.69) is 0 Å². The highest BCUT2D eigenvalue weighted by atomic mass is 16.3. The molecule has 144 valence electrons. The summed E-state index contributed by atoms with van der Waals surface area (Å²) in [6, 6.07) is 16.5. The van der Waals surface area contributed by atoms with E-state index >= 15 is 0 Å². The van der Waals surface area contributed by atoms with Crippen LogP contribution in [0.3, 0.4) is 0 Å². The van der Waals surface area contributed by atoms with Gasteiger partial charge in [0.1, 0.15) is 11.3 Å². The highest BCUT2D eigenvalue weighted by Gasteiger charge is 2.43. The van der Waals surface area contributed by atoms with E-state index in [0.29, 0.717) is 17.1 Å². The third-order valence-corrected chi connectivity index (χ3v) is 4.66. The molecule has 1 aliphatic rings. The quantitative estimate of drug-likeness (QED) is 0.492. The fourth-order valence-corrected chi connectivity index (χ4v) is 3.09. The summed E-state index contributed by atoms with van der Waals surface area (Å²) in [5, 5.41) is 0. The molecule has 6 nitrogen and oxygen atoms in total. The van der Waals surface area contributed by atoms with Gasteiger partial charge >= 0.3 is 6.03 Å². The number of aryl methyl sites for hydroxylation is 2. The first-order chi connectivity index (χ1) is 14.0. The summed E-state index contributed by atoms with van der Waals surface area (Å²) in [5.41, 5.74) is 2.61. The maximum Gasteiger partial charge on any atom is 0.343 e. The van der Waals surface area contributed by atoms with Gasteiger partial charge in [0.05, 0.1) is 17.6 Å². The highest BCUT2D eigenvalue weighted by Crippen LogP contribution is 2.30. The van der Waals surface area contributed by atoms with Gasteiger partial charge in [0.15, 0.2) is 0 Å². The zero-order valence-corrected chi connectivity index (χ0v) is 16.0. The van der Waals surface area contributed by atoms with E-state index in [9.17, 15) is 14.4 Å². The number of barbiturate groups is 1. The van der Waals surface area contributed by atoms with Crippen LogP contribution in [0.2, 0.25) is 0 Å². The van der Waals surface area contributed by atoms with Crippen LogP contribution in [0.1, 0.15) is 16.9 Å². The van der Waals surface area contributed by atoms with Gasteiger partial charge in [-0.3, -0.25) is 9.59 Å². The number of amides is 4. The number of nitrogens with zero attached hydrogens (tertiary/aromatic N) is 2. The lowest BCUT2D eigenvalue weighted by Gasteiger charge is -2.33. The van der Waals surface area contributed by atoms with Gasteiger partial charge < -0.3 is 4.42 Å². The van der Waals surface area contributed by atoms with Crippen molar-refractivity contribution in [1.29, 1.82) is 0 Å². The highest BCUT2D eigenvalue weighted by molar-refractivity contribution is 6.46. The van der Waals surface area contributed by atoms with Crippen LogP contribution in [0.25, 0.3) is 6.08 Å². The molecule has 0 N–H and O–H groups in total. The number of carbonyl (C=O) groups is 3. The van der Waals surface area contributed by atoms with Crippen molar-refractivity contribution < 1.29 is 18.8 Å². The molecule has 3 aromatic rings. The molecule has 0 saturated carbocycles. The average Bonchev–Trinajstić information content (AvgIpc) is 3.21. The third kappa shape index (κ3) is 3.36. The molecule has 0 atom stereocenters. The molecule has 0 aliphatic carbocycles. The summed E-state index contributed by atoms with van der Waals surface area (Å²) in [5.74, 6) is -1.03. The molecule has 0 unspecified atom stereocenters. The zero-order valence-electron chi connectivity index (χ0n) is 16.0. The molecule has 1 fully saturated rings. The maximum atomic E-state index is 13.2. The third-order valence-electron chi connectivity index (χ3n) is 4.66. The van der Waals surface area contributed by atoms with Crippen LogP contribution >= 0.6 is 0 Å². The van der Waals surface area contributed by atoms with Crippen molar-refractivity contribution in [3.63, 3.8) is 0 Å². The minimum Gasteiger partial charge on any atom is -0.465 e. The van der Waals surface area contributed by atoms with E-state index in [1.165, 1.54) is 12.3 Å². The molecule has 0 bridgehead atoms. The second kappa shape index (κ2) is 7.24. The molecule has 2 aromatic carbocycles. The molecule has 1 aromatic heterocycles. The van der Waals surface area contributed by atoms with E-state index in [1.54, 1.807) is 60.7 Å². The van der Waals surface area contributed by atoms with E-state index in [0.717, 1.165) is 20.9 Å². The molecule has 0 radical (unpaired) electrons. The Kier molecular flexibility index (Phi) is 4.60. The van der Waals surface area contributed by atoms with Crippen LogP contribution in [-0.2, 0) is 9.59 Å². The van der Waals surface area contributed by atoms with Crippen molar-refractivity contribution in [3.05, 3.63) is 89.4 Å². The lowest BCUT2D eigenvalue weighted by Crippen LogP contribution is -2.57. The molecule has 29 heavy (non-hydrogen) atoms. The van der Waals surface area contributed by atoms with Crippen LogP contribution in [0.15, 0.2) is 76.9 Å². The van der Waals surface area contributed by atoms with E-state index in [-0.39, 0.29) is 5.57 Å². The van der Waals surface area contributed by atoms with Gasteiger partial charge in [0, 0.05) is 0 Å². The summed E-state index contributed by atoms with van der Waals surface area (Å²) in [4.78, 5) is 41.5. The largest absolute Gasteiger partial charge is 0.465 e. The summed E-state index contributed by atoms with van der Waals surface area (Å²) in [6.45, 7) is 3.82. The molecule has 4 amide bonds. The average molecular weight is 386 g/mol. The number of benzene rings is 2. The standard InChI is InChI=1S/C23H18N2O4/c1-15-5-9-17(10-6-15)24-21(26)20(14-19-4-3-13-29-19)22(27)25(23(24)28)18-11-7-16(2)8-12-18/h3-14H,1-2H3. The van der Waals surface area contributed by atoms with Crippen molar-refractivity contribution >= 4 is 35.3 Å². The number of urea groups is 1. The van der Waals surface area contributed by atoms with E-state index < -0.39 is 17.8 Å². The Morgan fingerprint density at radius 2 is 1.21 bits per heavy atom. The van der Waals surface area contributed by atoms with Crippen LogP contribution in [0, 0.1) is 13.8 Å². The van der Waals surface area contributed by atoms with Crippen molar-refractivity contribution in [3.8, 4) is 0 Å². The normalized spacial score (nSPS) is 14.6. The van der Waals surface area contributed by atoms with Gasteiger partial charge in [-0.2, -0.15) is 0 Å². The Balaban J connectivity index is 1.86. The number of carbonyl (C=O) groups excluding carboxylic acids is 3. The molecular weight excluding hydrogens is 368 g/mol. The second-order valence-electron chi connectivity index (χ2n) is 6.81. The summed E-state index contributed by atoms with van der Waals surface area (Å²) >= 11 is 0. The molecular formula is C23H18N2O4. The molecule has 4 rings (SSSR count). The number of rotatable bonds is 3. The van der Waals surface area contributed by atoms with Gasteiger partial charge in [0.2, 0.25) is 0 Å². The van der Waals surface area contributed by atoms with Crippen LogP contribution in [0.4, 0.5) is 16.2 Å².